The van der Waals surface area contributed by atoms with E-state index >= 15 is 0 Å². The summed E-state index contributed by atoms with van der Waals surface area (Å²) in [4.78, 5) is 40.8. The van der Waals surface area contributed by atoms with Crippen LogP contribution >= 0.6 is 0 Å². The Morgan fingerprint density at radius 3 is 2.55 bits per heavy atom. The Morgan fingerprint density at radius 2 is 1.90 bits per heavy atom. The number of hydrogen-bond acceptors (Lipinski definition) is 9. The van der Waals surface area contributed by atoms with Gasteiger partial charge in [0.25, 0.3) is 5.85 Å². The van der Waals surface area contributed by atoms with Crippen LogP contribution in [-0.2, 0) is 26.7 Å². The van der Waals surface area contributed by atoms with Crippen LogP contribution in [0.1, 0.15) is 31.1 Å². The number of aromatic nitrogens is 2. The smallest absolute Gasteiger partial charge is 0.439 e. The Hall–Kier alpha value is -4.74. The minimum Gasteiger partial charge on any atom is -0.478 e. The highest BCUT2D eigenvalue weighted by atomic mass is 16.5. The molecule has 40 heavy (non-hydrogen) atoms. The van der Waals surface area contributed by atoms with Gasteiger partial charge in [-0.25, -0.2) is 9.59 Å². The zero-order chi connectivity index (χ0) is 27.9. The lowest BCUT2D eigenvalue weighted by Crippen LogP contribution is -2.51. The van der Waals surface area contributed by atoms with E-state index in [0.717, 1.165) is 16.7 Å². The number of carbonyl (C=O) groups excluding carboxylic acids is 1. The number of fused-ring (bicyclic) bond motifs is 1. The Kier molecular flexibility index (Phi) is 6.45. The summed E-state index contributed by atoms with van der Waals surface area (Å²) in [6, 6.07) is 18.3. The van der Waals surface area contributed by atoms with Crippen LogP contribution in [0.4, 0.5) is 0 Å². The number of carboxylic acids is 1. The molecule has 2 aromatic carbocycles. The molecule has 3 heterocycles. The highest BCUT2D eigenvalue weighted by molar-refractivity contribution is 5.98. The average Bonchev–Trinajstić information content (AvgIpc) is 3.70. The molecule has 1 fully saturated rings. The summed E-state index contributed by atoms with van der Waals surface area (Å²) in [7, 11) is 0. The third kappa shape index (κ3) is 4.34. The van der Waals surface area contributed by atoms with Crippen molar-refractivity contribution in [3.8, 4) is 22.5 Å². The first-order chi connectivity index (χ1) is 19.4. The largest absolute Gasteiger partial charge is 0.478 e. The van der Waals surface area contributed by atoms with Crippen LogP contribution in [0.25, 0.3) is 22.5 Å². The van der Waals surface area contributed by atoms with Crippen molar-refractivity contribution in [3.63, 3.8) is 0 Å². The predicted octanol–water partition coefficient (Wildman–Crippen LogP) is 3.61. The molecule has 11 nitrogen and oxygen atoms in total. The van der Waals surface area contributed by atoms with Gasteiger partial charge in [-0.05, 0) is 35.7 Å². The van der Waals surface area contributed by atoms with Crippen LogP contribution < -0.4 is 11.1 Å². The number of carbonyl (C=O) groups is 2. The van der Waals surface area contributed by atoms with Gasteiger partial charge in [0.05, 0.1) is 17.9 Å². The number of nitrogens with one attached hydrogen (secondary N) is 2. The Morgan fingerprint density at radius 1 is 1.12 bits per heavy atom. The van der Waals surface area contributed by atoms with Crippen LogP contribution in [-0.4, -0.2) is 44.5 Å². The summed E-state index contributed by atoms with van der Waals surface area (Å²) >= 11 is 0. The number of furan rings is 1. The van der Waals surface area contributed by atoms with E-state index in [-0.39, 0.29) is 30.7 Å². The molecule has 0 spiro atoms. The number of rotatable bonds is 8. The monoisotopic (exact) mass is 542 g/mol. The number of Topliss-reactive ketones (excluding diaryl/α,β-unsaturated/α-hetero) is 1. The molecule has 2 aromatic heterocycles. The van der Waals surface area contributed by atoms with Crippen molar-refractivity contribution >= 4 is 11.8 Å². The summed E-state index contributed by atoms with van der Waals surface area (Å²) in [5.41, 5.74) is 3.89. The molecule has 2 atom stereocenters. The predicted molar refractivity (Wildman–Crippen MR) is 141 cm³/mol. The van der Waals surface area contributed by atoms with Gasteiger partial charge < -0.3 is 19.2 Å². The lowest BCUT2D eigenvalue weighted by atomic mass is 9.91. The fraction of sp³-hybridized carbons (Fsp3) is 0.241. The molecule has 3 N–H and O–H groups in total. The number of aromatic amines is 1. The summed E-state index contributed by atoms with van der Waals surface area (Å²) in [5.74, 6) is -2.43. The number of hydrogen-bond donors (Lipinski definition) is 3. The fourth-order valence-electron chi connectivity index (χ4n) is 5.57. The standard InChI is InChI=1S/C29H26N4O7/c1-2-39-29(24-8-5-13-38-24)31-23-15-19(34)14-22(27(35)36)25(23)33(29)16-17-9-11-18(12-10-17)20-6-3-4-7-21(20)26-30-28(37)40-32-26/h3-13,23,31H,2,14-16H2,1H3,(H,35,36)(H,30,32,37). The minimum atomic E-state index is -1.30. The van der Waals surface area contributed by atoms with Crippen LogP contribution in [0.5, 0.6) is 0 Å². The second-order valence-corrected chi connectivity index (χ2v) is 9.61. The van der Waals surface area contributed by atoms with Gasteiger partial charge in [-0.2, -0.15) is 0 Å². The SMILES string of the molecule is CCOC1(c2ccco2)NC2CC(=O)CC(C(=O)O)=C2N1Cc1ccc(-c2ccccc2-c2noc(=O)[nH]2)cc1. The molecule has 1 aliphatic heterocycles. The Balaban J connectivity index is 1.40. The van der Waals surface area contributed by atoms with E-state index < -0.39 is 23.6 Å². The Bertz CT molecular complexity index is 1650. The Labute approximate surface area is 228 Å². The molecule has 0 radical (unpaired) electrons. The second-order valence-electron chi connectivity index (χ2n) is 9.61. The molecule has 1 saturated heterocycles. The zero-order valence-corrected chi connectivity index (χ0v) is 21.5. The normalized spacial score (nSPS) is 20.7. The van der Waals surface area contributed by atoms with Crippen molar-refractivity contribution < 1.29 is 28.4 Å². The van der Waals surface area contributed by atoms with Gasteiger partial charge in [0.1, 0.15) is 5.78 Å². The van der Waals surface area contributed by atoms with Gasteiger partial charge in [-0.15, -0.1) is 0 Å². The topological polar surface area (TPSA) is 151 Å². The maximum atomic E-state index is 12.5. The third-order valence-electron chi connectivity index (χ3n) is 7.18. The van der Waals surface area contributed by atoms with E-state index in [9.17, 15) is 19.5 Å². The molecule has 204 valence electrons. The van der Waals surface area contributed by atoms with E-state index in [1.165, 1.54) is 6.26 Å². The van der Waals surface area contributed by atoms with E-state index in [1.807, 2.05) is 60.4 Å². The van der Waals surface area contributed by atoms with Crippen molar-refractivity contribution in [2.24, 2.45) is 0 Å². The average molecular weight is 543 g/mol. The zero-order valence-electron chi connectivity index (χ0n) is 21.5. The first-order valence-corrected chi connectivity index (χ1v) is 12.9. The maximum absolute atomic E-state index is 12.5. The van der Waals surface area contributed by atoms with Gasteiger partial charge in [0, 0.05) is 37.3 Å². The molecular formula is C29H26N4O7. The van der Waals surface area contributed by atoms with Crippen molar-refractivity contribution in [3.05, 3.63) is 100 Å². The molecule has 1 aliphatic carbocycles. The van der Waals surface area contributed by atoms with Crippen molar-refractivity contribution in [2.45, 2.75) is 38.2 Å². The van der Waals surface area contributed by atoms with Gasteiger partial charge in [0.15, 0.2) is 11.6 Å². The van der Waals surface area contributed by atoms with E-state index in [2.05, 4.69) is 20.0 Å². The molecular weight excluding hydrogens is 516 g/mol. The van der Waals surface area contributed by atoms with E-state index in [0.29, 0.717) is 29.5 Å². The first-order valence-electron chi connectivity index (χ1n) is 12.9. The first kappa shape index (κ1) is 25.5. The molecule has 2 unspecified atom stereocenters. The number of carboxylic acid groups (broad SMARTS) is 1. The summed E-state index contributed by atoms with van der Waals surface area (Å²) in [6.45, 7) is 2.43. The van der Waals surface area contributed by atoms with Crippen molar-refractivity contribution in [1.29, 1.82) is 0 Å². The van der Waals surface area contributed by atoms with Crippen molar-refractivity contribution in [1.82, 2.24) is 20.4 Å². The summed E-state index contributed by atoms with van der Waals surface area (Å²) < 4.78 is 16.7. The van der Waals surface area contributed by atoms with Crippen LogP contribution in [0.15, 0.2) is 91.9 Å². The molecule has 0 amide bonds. The fourth-order valence-corrected chi connectivity index (χ4v) is 5.57. The number of H-pyrrole nitrogens is 1. The van der Waals surface area contributed by atoms with E-state index in [4.69, 9.17) is 9.15 Å². The van der Waals surface area contributed by atoms with Crippen molar-refractivity contribution in [2.75, 3.05) is 6.61 Å². The lowest BCUT2D eigenvalue weighted by molar-refractivity contribution is -0.165. The quantitative estimate of drug-likeness (QED) is 0.301. The molecule has 6 rings (SSSR count). The maximum Gasteiger partial charge on any atom is 0.439 e. The van der Waals surface area contributed by atoms with E-state index in [1.54, 1.807) is 12.1 Å². The highest BCUT2D eigenvalue weighted by Gasteiger charge is 2.55. The van der Waals surface area contributed by atoms with Gasteiger partial charge >= 0.3 is 11.7 Å². The number of ketones is 1. The molecule has 4 aromatic rings. The number of benzene rings is 2. The van der Waals surface area contributed by atoms with Crippen LogP contribution in [0.3, 0.4) is 0 Å². The third-order valence-corrected chi connectivity index (χ3v) is 7.18. The summed E-state index contributed by atoms with van der Waals surface area (Å²) in [6.07, 6.45) is 1.53. The number of ether oxygens (including phenoxy) is 1. The molecule has 2 aliphatic rings. The van der Waals surface area contributed by atoms with Gasteiger partial charge in [-0.1, -0.05) is 53.7 Å². The van der Waals surface area contributed by atoms with Gasteiger partial charge in [-0.3, -0.25) is 19.6 Å². The molecule has 0 saturated carbocycles. The minimum absolute atomic E-state index is 0.0500. The second kappa shape index (κ2) is 10.1. The van der Waals surface area contributed by atoms with Gasteiger partial charge in [0.2, 0.25) is 0 Å². The number of aliphatic carboxylic acids is 1. The number of nitrogens with zero attached hydrogens (tertiary/aromatic N) is 2. The molecule has 0 bridgehead atoms. The lowest BCUT2D eigenvalue weighted by Gasteiger charge is -2.38. The van der Waals surface area contributed by atoms with Crippen LogP contribution in [0, 0.1) is 0 Å². The highest BCUT2D eigenvalue weighted by Crippen LogP contribution is 2.44. The summed E-state index contributed by atoms with van der Waals surface area (Å²) in [5, 5.41) is 17.2. The van der Waals surface area contributed by atoms with Crippen LogP contribution in [0.2, 0.25) is 0 Å². The molecule has 11 heteroatoms.